The smallest absolute Gasteiger partial charge is 0.243 e. The lowest BCUT2D eigenvalue weighted by Gasteiger charge is -2.01. The van der Waals surface area contributed by atoms with Crippen LogP contribution < -0.4 is 5.43 Å². The Hall–Kier alpha value is -2.14. The van der Waals surface area contributed by atoms with Gasteiger partial charge in [0.05, 0.1) is 6.21 Å². The number of nitrogens with one attached hydrogen (secondary N) is 1. The quantitative estimate of drug-likeness (QED) is 0.649. The minimum Gasteiger partial charge on any atom is -0.507 e. The summed E-state index contributed by atoms with van der Waals surface area (Å²) in [6, 6.07) is 15.1. The third-order valence-electron chi connectivity index (χ3n) is 3.72. The van der Waals surface area contributed by atoms with Gasteiger partial charge in [-0.2, -0.15) is 5.10 Å². The lowest BCUT2D eigenvalue weighted by molar-refractivity contribution is -0.122. The predicted octanol–water partition coefficient (Wildman–Crippen LogP) is 3.41. The van der Waals surface area contributed by atoms with Crippen LogP contribution in [-0.4, -0.2) is 17.2 Å². The first-order valence-electron chi connectivity index (χ1n) is 7.01. The molecule has 0 unspecified atom stereocenters. The van der Waals surface area contributed by atoms with E-state index in [1.54, 1.807) is 18.2 Å². The minimum atomic E-state index is -0.0837. The molecular weight excluding hydrogens is 344 g/mol. The van der Waals surface area contributed by atoms with Crippen LogP contribution >= 0.6 is 15.9 Å². The maximum atomic E-state index is 12.0. The van der Waals surface area contributed by atoms with Crippen LogP contribution in [0, 0.1) is 5.92 Å². The van der Waals surface area contributed by atoms with Crippen molar-refractivity contribution in [1.82, 2.24) is 5.43 Å². The molecule has 2 aromatic rings. The molecule has 1 fully saturated rings. The van der Waals surface area contributed by atoms with Crippen molar-refractivity contribution in [3.63, 3.8) is 0 Å². The summed E-state index contributed by atoms with van der Waals surface area (Å²) >= 11 is 3.32. The second kappa shape index (κ2) is 6.32. The minimum absolute atomic E-state index is 0.0179. The highest BCUT2D eigenvalue weighted by Crippen LogP contribution is 2.47. The summed E-state index contributed by atoms with van der Waals surface area (Å²) in [5, 5.41) is 13.6. The first kappa shape index (κ1) is 14.8. The third kappa shape index (κ3) is 3.36. The Kier molecular flexibility index (Phi) is 4.24. The molecule has 1 aliphatic carbocycles. The van der Waals surface area contributed by atoms with Crippen LogP contribution in [0.3, 0.4) is 0 Å². The van der Waals surface area contributed by atoms with Gasteiger partial charge < -0.3 is 5.11 Å². The number of aromatic hydroxyl groups is 1. The molecule has 0 heterocycles. The molecule has 4 nitrogen and oxygen atoms in total. The van der Waals surface area contributed by atoms with E-state index in [1.165, 1.54) is 11.8 Å². The van der Waals surface area contributed by atoms with Crippen molar-refractivity contribution in [3.8, 4) is 5.75 Å². The second-order valence-corrected chi connectivity index (χ2v) is 6.21. The van der Waals surface area contributed by atoms with Crippen molar-refractivity contribution < 1.29 is 9.90 Å². The number of hydrogen-bond donors (Lipinski definition) is 2. The molecule has 1 saturated carbocycles. The molecule has 112 valence electrons. The van der Waals surface area contributed by atoms with Gasteiger partial charge in [0.2, 0.25) is 5.91 Å². The average molecular weight is 359 g/mol. The topological polar surface area (TPSA) is 61.7 Å². The van der Waals surface area contributed by atoms with Crippen LogP contribution in [0.25, 0.3) is 0 Å². The van der Waals surface area contributed by atoms with Crippen molar-refractivity contribution in [2.75, 3.05) is 0 Å². The van der Waals surface area contributed by atoms with Crippen molar-refractivity contribution in [2.24, 2.45) is 11.0 Å². The highest BCUT2D eigenvalue weighted by molar-refractivity contribution is 9.10. The monoisotopic (exact) mass is 358 g/mol. The molecule has 2 aromatic carbocycles. The zero-order valence-electron chi connectivity index (χ0n) is 11.7. The van der Waals surface area contributed by atoms with Gasteiger partial charge in [-0.3, -0.25) is 4.79 Å². The van der Waals surface area contributed by atoms with E-state index in [1.807, 2.05) is 30.3 Å². The lowest BCUT2D eigenvalue weighted by atomic mass is 10.1. The van der Waals surface area contributed by atoms with Gasteiger partial charge in [-0.05, 0) is 36.1 Å². The lowest BCUT2D eigenvalue weighted by Crippen LogP contribution is -2.20. The Labute approximate surface area is 137 Å². The van der Waals surface area contributed by atoms with Gasteiger partial charge >= 0.3 is 0 Å². The summed E-state index contributed by atoms with van der Waals surface area (Å²) in [6.07, 6.45) is 2.30. The van der Waals surface area contributed by atoms with Gasteiger partial charge in [-0.15, -0.1) is 0 Å². The summed E-state index contributed by atoms with van der Waals surface area (Å²) in [4.78, 5) is 12.0. The number of hydrogen-bond acceptors (Lipinski definition) is 3. The normalized spacial score (nSPS) is 20.0. The number of phenolic OH excluding ortho intramolecular Hbond substituents is 1. The number of carbonyl (C=O) groups excluding carboxylic acids is 1. The van der Waals surface area contributed by atoms with Gasteiger partial charge in [0.15, 0.2) is 0 Å². The molecule has 0 spiro atoms. The predicted molar refractivity (Wildman–Crippen MR) is 88.8 cm³/mol. The number of rotatable bonds is 4. The van der Waals surface area contributed by atoms with E-state index in [0.717, 1.165) is 10.9 Å². The first-order valence-corrected chi connectivity index (χ1v) is 7.81. The largest absolute Gasteiger partial charge is 0.507 e. The fourth-order valence-electron chi connectivity index (χ4n) is 2.43. The van der Waals surface area contributed by atoms with Crippen molar-refractivity contribution in [2.45, 2.75) is 12.3 Å². The molecule has 0 radical (unpaired) electrons. The number of hydrazone groups is 1. The second-order valence-electron chi connectivity index (χ2n) is 5.30. The van der Waals surface area contributed by atoms with Crippen molar-refractivity contribution >= 4 is 28.1 Å². The van der Waals surface area contributed by atoms with Crippen LogP contribution in [0.15, 0.2) is 58.1 Å². The standard InChI is InChI=1S/C17H15BrN2O2/c18-13-6-7-16(21)12(8-13)10-19-20-17(22)15-9-14(15)11-4-2-1-3-5-11/h1-8,10,14-15,21H,9H2,(H,20,22)/b19-10+/t14-,15+/m1/s1. The van der Waals surface area contributed by atoms with E-state index in [0.29, 0.717) is 5.56 Å². The van der Waals surface area contributed by atoms with Gasteiger partial charge in [-0.25, -0.2) is 5.43 Å². The Morgan fingerprint density at radius 1 is 1.27 bits per heavy atom. The summed E-state index contributed by atoms with van der Waals surface area (Å²) in [6.45, 7) is 0. The van der Waals surface area contributed by atoms with Crippen LogP contribution in [0.1, 0.15) is 23.5 Å². The summed E-state index contributed by atoms with van der Waals surface area (Å²) in [5.74, 6) is 0.306. The molecule has 2 N–H and O–H groups in total. The molecule has 0 aliphatic heterocycles. The van der Waals surface area contributed by atoms with Crippen LogP contribution in [0.5, 0.6) is 5.75 Å². The number of carbonyl (C=O) groups is 1. The molecule has 2 atom stereocenters. The van der Waals surface area contributed by atoms with Gasteiger partial charge in [0, 0.05) is 16.0 Å². The van der Waals surface area contributed by atoms with E-state index >= 15 is 0 Å². The maximum absolute atomic E-state index is 12.0. The Morgan fingerprint density at radius 3 is 2.82 bits per heavy atom. The number of nitrogens with zero attached hydrogens (tertiary/aromatic N) is 1. The van der Waals surface area contributed by atoms with E-state index in [4.69, 9.17) is 0 Å². The Balaban J connectivity index is 1.57. The number of phenols is 1. The van der Waals surface area contributed by atoms with Crippen LogP contribution in [0.2, 0.25) is 0 Å². The maximum Gasteiger partial charge on any atom is 0.243 e. The van der Waals surface area contributed by atoms with E-state index in [9.17, 15) is 9.90 Å². The van der Waals surface area contributed by atoms with Gasteiger partial charge in [0.25, 0.3) is 0 Å². The zero-order valence-corrected chi connectivity index (χ0v) is 13.3. The molecule has 22 heavy (non-hydrogen) atoms. The SMILES string of the molecule is O=C(N/N=C/c1cc(Br)ccc1O)[C@H]1C[C@@H]1c1ccccc1. The van der Waals surface area contributed by atoms with Crippen molar-refractivity contribution in [1.29, 1.82) is 0 Å². The summed E-state index contributed by atoms with van der Waals surface area (Å²) in [7, 11) is 0. The molecule has 3 rings (SSSR count). The number of benzene rings is 2. The van der Waals surface area contributed by atoms with Gasteiger partial charge in [0.1, 0.15) is 5.75 Å². The molecular formula is C17H15BrN2O2. The zero-order chi connectivity index (χ0) is 15.5. The first-order chi connectivity index (χ1) is 10.6. The number of halogens is 1. The molecule has 0 saturated heterocycles. The van der Waals surface area contributed by atoms with Crippen molar-refractivity contribution in [3.05, 3.63) is 64.1 Å². The van der Waals surface area contributed by atoms with Gasteiger partial charge in [-0.1, -0.05) is 46.3 Å². The fourth-order valence-corrected chi connectivity index (χ4v) is 2.81. The molecule has 1 aliphatic rings. The van der Waals surface area contributed by atoms with E-state index in [-0.39, 0.29) is 23.5 Å². The fraction of sp³-hybridized carbons (Fsp3) is 0.176. The molecule has 1 amide bonds. The summed E-state index contributed by atoms with van der Waals surface area (Å²) < 4.78 is 0.837. The Bertz CT molecular complexity index is 716. The number of amides is 1. The molecule has 0 aromatic heterocycles. The third-order valence-corrected chi connectivity index (χ3v) is 4.22. The summed E-state index contributed by atoms with van der Waals surface area (Å²) in [5.41, 5.74) is 4.28. The Morgan fingerprint density at radius 2 is 2.05 bits per heavy atom. The van der Waals surface area contributed by atoms with E-state index in [2.05, 4.69) is 26.5 Å². The molecule has 5 heteroatoms. The van der Waals surface area contributed by atoms with Crippen LogP contribution in [-0.2, 0) is 4.79 Å². The van der Waals surface area contributed by atoms with E-state index < -0.39 is 0 Å². The average Bonchev–Trinajstić information content (AvgIpc) is 3.32. The highest BCUT2D eigenvalue weighted by atomic mass is 79.9. The van der Waals surface area contributed by atoms with Crippen LogP contribution in [0.4, 0.5) is 0 Å². The highest BCUT2D eigenvalue weighted by Gasteiger charge is 2.43. The molecule has 0 bridgehead atoms.